The van der Waals surface area contributed by atoms with E-state index in [1.165, 1.54) is 11.1 Å². The average Bonchev–Trinajstić information content (AvgIpc) is 3.17. The van der Waals surface area contributed by atoms with Crippen molar-refractivity contribution in [3.8, 4) is 0 Å². The van der Waals surface area contributed by atoms with Crippen molar-refractivity contribution < 1.29 is 9.84 Å². The molecule has 2 aromatic rings. The van der Waals surface area contributed by atoms with Crippen LogP contribution in [0.5, 0.6) is 0 Å². The highest BCUT2D eigenvalue weighted by Crippen LogP contribution is 2.45. The average molecular weight is 304 g/mol. The van der Waals surface area contributed by atoms with Crippen molar-refractivity contribution in [1.29, 1.82) is 0 Å². The molecule has 2 fully saturated rings. The minimum Gasteiger partial charge on any atom is -0.390 e. The molecule has 2 aliphatic rings. The Bertz CT molecular complexity index is 657. The molecule has 4 rings (SSSR count). The number of hydrogen-bond acceptors (Lipinski definition) is 3. The topological polar surface area (TPSA) is 47.3 Å². The van der Waals surface area contributed by atoms with Crippen LogP contribution in [0.2, 0.25) is 0 Å². The van der Waals surface area contributed by atoms with Crippen LogP contribution < -0.4 is 0 Å². The summed E-state index contributed by atoms with van der Waals surface area (Å²) in [5.74, 6) is 0.556. The molecular formula is C16H21N2O2P. The first kappa shape index (κ1) is 13.7. The second kappa shape index (κ2) is 5.35. The van der Waals surface area contributed by atoms with Crippen LogP contribution in [0.25, 0.3) is 11.0 Å². The fourth-order valence-electron chi connectivity index (χ4n) is 3.69. The first-order chi connectivity index (χ1) is 10.3. The van der Waals surface area contributed by atoms with Crippen molar-refractivity contribution in [2.45, 2.75) is 37.8 Å². The number of rotatable bonds is 3. The van der Waals surface area contributed by atoms with E-state index in [2.05, 4.69) is 34.7 Å². The fraction of sp³-hybridized carbons (Fsp3) is 0.562. The van der Waals surface area contributed by atoms with Crippen LogP contribution in [0.4, 0.5) is 0 Å². The van der Waals surface area contributed by atoms with Gasteiger partial charge in [0, 0.05) is 12.2 Å². The zero-order valence-corrected chi connectivity index (χ0v) is 13.2. The first-order valence-corrected chi connectivity index (χ1v) is 9.01. The summed E-state index contributed by atoms with van der Waals surface area (Å²) in [7, 11) is 0.847. The molecule has 2 aliphatic heterocycles. The normalized spacial score (nSPS) is 33.0. The van der Waals surface area contributed by atoms with Gasteiger partial charge in [0.1, 0.15) is 0 Å². The molecule has 4 nitrogen and oxygen atoms in total. The Balaban J connectivity index is 1.57. The lowest BCUT2D eigenvalue weighted by Crippen LogP contribution is -2.28. The molecule has 0 saturated carbocycles. The second-order valence-corrected chi connectivity index (χ2v) is 7.60. The third-order valence-corrected chi connectivity index (χ3v) is 6.76. The van der Waals surface area contributed by atoms with Crippen molar-refractivity contribution in [1.82, 2.24) is 9.55 Å². The molecule has 0 aliphatic carbocycles. The number of aromatic nitrogens is 2. The summed E-state index contributed by atoms with van der Waals surface area (Å²) in [6.45, 7) is 3.89. The van der Waals surface area contributed by atoms with Gasteiger partial charge in [-0.1, -0.05) is 6.07 Å². The number of fused-ring (bicyclic) bond motifs is 2. The summed E-state index contributed by atoms with van der Waals surface area (Å²) < 4.78 is 8.02. The highest BCUT2D eigenvalue weighted by Gasteiger charge is 2.45. The Labute approximate surface area is 126 Å². The molecule has 5 heteroatoms. The van der Waals surface area contributed by atoms with Gasteiger partial charge in [-0.15, -0.1) is 8.58 Å². The van der Waals surface area contributed by atoms with Crippen molar-refractivity contribution in [2.75, 3.05) is 12.8 Å². The minimum atomic E-state index is -0.234. The maximum Gasteiger partial charge on any atom is 0.0958 e. The predicted molar refractivity (Wildman–Crippen MR) is 85.3 cm³/mol. The number of aliphatic hydroxyl groups excluding tert-OH is 1. The van der Waals surface area contributed by atoms with E-state index in [4.69, 9.17) is 4.74 Å². The van der Waals surface area contributed by atoms with E-state index in [-0.39, 0.29) is 12.2 Å². The third-order valence-electron chi connectivity index (χ3n) is 4.83. The van der Waals surface area contributed by atoms with Crippen LogP contribution >= 0.6 is 8.58 Å². The molecule has 5 unspecified atom stereocenters. The highest BCUT2D eigenvalue weighted by atomic mass is 31.1. The van der Waals surface area contributed by atoms with E-state index in [1.54, 1.807) is 0 Å². The number of hydrogen-bond donors (Lipinski definition) is 1. The summed E-state index contributed by atoms with van der Waals surface area (Å²) in [6, 6.07) is 6.58. The Kier molecular flexibility index (Phi) is 3.49. The van der Waals surface area contributed by atoms with Crippen LogP contribution in [0.1, 0.15) is 12.5 Å². The van der Waals surface area contributed by atoms with Crippen molar-refractivity contribution in [3.05, 3.63) is 30.1 Å². The first-order valence-electron chi connectivity index (χ1n) is 7.73. The van der Waals surface area contributed by atoms with Crippen LogP contribution in [0.3, 0.4) is 0 Å². The van der Waals surface area contributed by atoms with Crippen LogP contribution in [-0.4, -0.2) is 45.3 Å². The smallest absolute Gasteiger partial charge is 0.0958 e. The Morgan fingerprint density at radius 2 is 2.38 bits per heavy atom. The number of ether oxygens (including phenoxy) is 1. The van der Waals surface area contributed by atoms with E-state index < -0.39 is 0 Å². The van der Waals surface area contributed by atoms with E-state index in [0.29, 0.717) is 11.6 Å². The van der Waals surface area contributed by atoms with Gasteiger partial charge in [-0.25, -0.2) is 4.98 Å². The zero-order chi connectivity index (χ0) is 14.4. The van der Waals surface area contributed by atoms with E-state index in [0.717, 1.165) is 39.8 Å². The highest BCUT2D eigenvalue weighted by molar-refractivity contribution is 7.39. The molecule has 5 atom stereocenters. The fourth-order valence-corrected chi connectivity index (χ4v) is 5.53. The van der Waals surface area contributed by atoms with Crippen LogP contribution in [-0.2, 0) is 17.7 Å². The molecule has 21 heavy (non-hydrogen) atoms. The van der Waals surface area contributed by atoms with Crippen molar-refractivity contribution >= 4 is 19.6 Å². The lowest BCUT2D eigenvalue weighted by Gasteiger charge is -2.16. The quantitative estimate of drug-likeness (QED) is 0.883. The minimum absolute atomic E-state index is 0.0956. The molecule has 112 valence electrons. The van der Waals surface area contributed by atoms with E-state index in [9.17, 15) is 5.11 Å². The lowest BCUT2D eigenvalue weighted by molar-refractivity contribution is 0.0173. The number of aliphatic hydroxyl groups is 1. The van der Waals surface area contributed by atoms with Crippen LogP contribution in [0, 0.1) is 5.92 Å². The number of imidazole rings is 1. The standard InChI is InChI=1S/C16H21N2O2P/c1-2-18-9-17-12-4-3-10(6-13(12)18)5-11-7-20-15-14(19)8-21-16(11)15/h3-4,6,9,11,14-16,19,21H,2,5,7-8H2,1H3. The van der Waals surface area contributed by atoms with Gasteiger partial charge in [-0.2, -0.15) is 0 Å². The Morgan fingerprint density at radius 3 is 3.24 bits per heavy atom. The Hall–Kier alpha value is -0.960. The number of aryl methyl sites for hydroxylation is 1. The number of benzene rings is 1. The maximum absolute atomic E-state index is 9.94. The maximum atomic E-state index is 9.94. The SMILES string of the molecule is CCn1cnc2ccc(CC3COC4C(O)CPC34)cc21. The van der Waals surface area contributed by atoms with Crippen LogP contribution in [0.15, 0.2) is 24.5 Å². The molecule has 1 aromatic heterocycles. The van der Waals surface area contributed by atoms with Gasteiger partial charge in [-0.3, -0.25) is 0 Å². The van der Waals surface area contributed by atoms with Crippen molar-refractivity contribution in [2.24, 2.45) is 5.92 Å². The molecule has 0 spiro atoms. The summed E-state index contributed by atoms with van der Waals surface area (Å²) >= 11 is 0. The molecule has 3 heterocycles. The molecule has 0 amide bonds. The molecule has 0 bridgehead atoms. The molecular weight excluding hydrogens is 283 g/mol. The van der Waals surface area contributed by atoms with Gasteiger partial charge in [-0.05, 0) is 43.1 Å². The predicted octanol–water partition coefficient (Wildman–Crippen LogP) is 2.04. The molecule has 0 radical (unpaired) electrons. The van der Waals surface area contributed by atoms with Gasteiger partial charge in [0.25, 0.3) is 0 Å². The van der Waals surface area contributed by atoms with E-state index >= 15 is 0 Å². The summed E-state index contributed by atoms with van der Waals surface area (Å²) in [4.78, 5) is 4.43. The van der Waals surface area contributed by atoms with Gasteiger partial charge in [0.05, 0.1) is 36.2 Å². The van der Waals surface area contributed by atoms with Crippen molar-refractivity contribution in [3.63, 3.8) is 0 Å². The summed E-state index contributed by atoms with van der Waals surface area (Å²) in [6.07, 6.45) is 3.75. The summed E-state index contributed by atoms with van der Waals surface area (Å²) in [5.41, 5.74) is 4.21. The van der Waals surface area contributed by atoms with Gasteiger partial charge in [0.15, 0.2) is 0 Å². The molecule has 2 saturated heterocycles. The largest absolute Gasteiger partial charge is 0.390 e. The monoisotopic (exact) mass is 304 g/mol. The third kappa shape index (κ3) is 2.30. The molecule has 1 aromatic carbocycles. The zero-order valence-electron chi connectivity index (χ0n) is 12.2. The second-order valence-electron chi connectivity index (χ2n) is 6.12. The van der Waals surface area contributed by atoms with E-state index in [1.807, 2.05) is 6.33 Å². The lowest BCUT2D eigenvalue weighted by atomic mass is 9.95. The number of nitrogens with zero attached hydrogens (tertiary/aromatic N) is 2. The summed E-state index contributed by atoms with van der Waals surface area (Å²) in [5, 5.41) is 9.94. The van der Waals surface area contributed by atoms with Gasteiger partial charge < -0.3 is 14.4 Å². The Morgan fingerprint density at radius 1 is 1.48 bits per heavy atom. The van der Waals surface area contributed by atoms with Gasteiger partial charge >= 0.3 is 0 Å². The molecule has 1 N–H and O–H groups in total. The van der Waals surface area contributed by atoms with Gasteiger partial charge in [0.2, 0.25) is 0 Å².